The first-order valence-electron chi connectivity index (χ1n) is 23.5. The first kappa shape index (κ1) is 90.7. The van der Waals surface area contributed by atoms with Crippen LogP contribution in [0.5, 0.6) is 0 Å². The first-order chi connectivity index (χ1) is 37.6. The number of carbonyl (C=O) groups is 5. The quantitative estimate of drug-likeness (QED) is 0.0411. The molecule has 30 heteroatoms. The second kappa shape index (κ2) is 51.7. The summed E-state index contributed by atoms with van der Waals surface area (Å²) in [6, 6.07) is 11.0. The number of H-pyrrole nitrogens is 4. The maximum atomic E-state index is 11.9. The zero-order valence-corrected chi connectivity index (χ0v) is 61.3. The summed E-state index contributed by atoms with van der Waals surface area (Å²) in [5.74, 6) is -0.369. The Labute approximate surface area is 568 Å². The fraction of sp³-hybridized carbons (Fsp3) is 0.415. The van der Waals surface area contributed by atoms with Crippen molar-refractivity contribution in [1.82, 2.24) is 25.3 Å². The number of aryl methyl sites for hydroxylation is 4. The predicted molar refractivity (Wildman–Crippen MR) is 343 cm³/mol. The van der Waals surface area contributed by atoms with Crippen molar-refractivity contribution in [2.45, 2.75) is 127 Å². The van der Waals surface area contributed by atoms with Gasteiger partial charge < -0.3 is 81.5 Å². The molecule has 4 aromatic rings. The van der Waals surface area contributed by atoms with Crippen molar-refractivity contribution >= 4 is 125 Å². The Morgan fingerprint density at radius 1 is 0.614 bits per heavy atom. The molecule has 4 heterocycles. The number of ether oxygens (including phenoxy) is 1. The zero-order chi connectivity index (χ0) is 63.7. The Morgan fingerprint density at radius 2 is 0.940 bits per heavy atom. The van der Waals surface area contributed by atoms with Gasteiger partial charge in [-0.05, 0) is 138 Å². The van der Waals surface area contributed by atoms with Crippen LogP contribution in [0.2, 0.25) is 0 Å². The predicted octanol–water partition coefficient (Wildman–Crippen LogP) is 2.08. The average Bonchev–Trinajstić information content (AvgIpc) is 3.34. The van der Waals surface area contributed by atoms with Crippen LogP contribution in [0.1, 0.15) is 99.9 Å². The van der Waals surface area contributed by atoms with Gasteiger partial charge in [0.15, 0.2) is 5.78 Å². The molecular formula is C53H76N10Na2O10S8. The average molecular weight is 1320 g/mol. The van der Waals surface area contributed by atoms with Crippen LogP contribution in [0.15, 0.2) is 83.7 Å². The van der Waals surface area contributed by atoms with Crippen LogP contribution in [0.3, 0.4) is 0 Å². The second-order valence-corrected chi connectivity index (χ2v) is 23.3. The van der Waals surface area contributed by atoms with Gasteiger partial charge in [0.05, 0.1) is 18.2 Å². The van der Waals surface area contributed by atoms with Crippen molar-refractivity contribution in [3.8, 4) is 12.1 Å². The minimum atomic E-state index is -0.572. The van der Waals surface area contributed by atoms with Crippen molar-refractivity contribution in [3.05, 3.63) is 131 Å². The standard InChI is InChI=1S/C13H20N2O3S.2C8H12N2OS.C8H8N2OS.C6H10OS2.C4H6OS2.C3H4N2O.C3H6O.2Na/c1-8-6-10(19-5)9(11(16)15-8)7-14-12(17)18-13(2,3)4;3*1-5-3-7(12-2)6(4-9)8(11)10-5;1-5(7)4-6(8-2)9-3;1-3(5)2-4(6)7;4-2-1-3(5)6;1-3(2)4;;/h6H,7H2,1-5H3,(H,14,17)(H,15,16);2*3H,4,9H2,1-2H3,(H,10,11);3H,1-2H3,(H,10,11);4H,1-3H3;2,6-7H,1H3;1H2,(H2,5,6);1-2H3;;/q;;;;;;;;2*+1/p-2. The van der Waals surface area contributed by atoms with Crippen LogP contribution < -0.4 is 104 Å². The van der Waals surface area contributed by atoms with Gasteiger partial charge in [0.2, 0.25) is 5.91 Å². The molecule has 0 aliphatic rings. The third kappa shape index (κ3) is 46.4. The van der Waals surface area contributed by atoms with E-state index in [9.17, 15) is 43.2 Å². The smallest absolute Gasteiger partial charge is 0.807 e. The fourth-order valence-corrected chi connectivity index (χ4v) is 9.51. The molecular weight excluding hydrogens is 1240 g/mol. The fourth-order valence-electron chi connectivity index (χ4n) is 5.17. The van der Waals surface area contributed by atoms with E-state index < -0.39 is 17.6 Å². The van der Waals surface area contributed by atoms with Gasteiger partial charge in [0.1, 0.15) is 35.2 Å². The van der Waals surface area contributed by atoms with E-state index >= 15 is 0 Å². The van der Waals surface area contributed by atoms with Crippen molar-refractivity contribution in [2.75, 3.05) is 37.5 Å². The summed E-state index contributed by atoms with van der Waals surface area (Å²) >= 11 is 18.0. The molecule has 11 N–H and O–H groups in total. The number of aromatic amines is 4. The number of ketones is 3. The van der Waals surface area contributed by atoms with E-state index in [1.807, 2.05) is 82.6 Å². The first-order valence-corrected chi connectivity index (χ1v) is 31.6. The molecule has 0 fully saturated rings. The normalized spacial score (nSPS) is 9.27. The number of nitrogens with zero attached hydrogens (tertiary/aromatic N) is 2. The maximum absolute atomic E-state index is 11.9. The molecule has 0 aromatic carbocycles. The molecule has 83 heavy (non-hydrogen) atoms. The summed E-state index contributed by atoms with van der Waals surface area (Å²) in [6.45, 7) is 19.5. The molecule has 0 saturated carbocycles. The molecule has 0 unspecified atom stereocenters. The number of nitrogens with two attached hydrogens (primary N) is 3. The molecule has 448 valence electrons. The maximum Gasteiger partial charge on any atom is 1.00 e. The number of pyridine rings is 4. The molecule has 0 aliphatic carbocycles. The molecule has 20 nitrogen and oxygen atoms in total. The Hall–Kier alpha value is -3.53. The van der Waals surface area contributed by atoms with E-state index in [-0.39, 0.29) is 121 Å². The second-order valence-electron chi connectivity index (χ2n) is 16.9. The van der Waals surface area contributed by atoms with E-state index in [2.05, 4.69) is 56.2 Å². The van der Waals surface area contributed by atoms with Gasteiger partial charge in [-0.1, -0.05) is 6.08 Å². The minimum absolute atomic E-state index is 0. The summed E-state index contributed by atoms with van der Waals surface area (Å²) < 4.78 is 6.43. The van der Waals surface area contributed by atoms with Gasteiger partial charge >= 0.3 is 65.2 Å². The number of rotatable bonds is 13. The minimum Gasteiger partial charge on any atom is -0.807 e. The number of Topliss-reactive ketones (excluding diaryl/α,β-unsaturated/α-hetero) is 1. The van der Waals surface area contributed by atoms with Crippen molar-refractivity contribution in [1.29, 1.82) is 10.5 Å². The Kier molecular flexibility index (Phi) is 56.4. The monoisotopic (exact) mass is 1310 g/mol. The van der Waals surface area contributed by atoms with Crippen LogP contribution in [0.25, 0.3) is 0 Å². The van der Waals surface area contributed by atoms with E-state index in [0.29, 0.717) is 29.8 Å². The number of nitrogens with one attached hydrogen (secondary N) is 5. The number of thioether (sulfide) groups is 6. The van der Waals surface area contributed by atoms with Crippen LogP contribution in [0.4, 0.5) is 4.79 Å². The number of hydrogen-bond acceptors (Lipinski definition) is 22. The van der Waals surface area contributed by atoms with Gasteiger partial charge in [0, 0.05) is 76.9 Å². The number of carbonyl (C=O) groups excluding carboxylic acids is 5. The third-order valence-corrected chi connectivity index (χ3v) is 13.8. The van der Waals surface area contributed by atoms with Gasteiger partial charge in [-0.3, -0.25) is 33.6 Å². The van der Waals surface area contributed by atoms with E-state index in [4.69, 9.17) is 26.7 Å². The van der Waals surface area contributed by atoms with E-state index in [1.165, 1.54) is 50.4 Å². The van der Waals surface area contributed by atoms with Gasteiger partial charge in [-0.25, -0.2) is 4.79 Å². The number of hydrogen-bond donors (Lipinski definition) is 8. The molecule has 4 rings (SSSR count). The van der Waals surface area contributed by atoms with Crippen LogP contribution >= 0.6 is 70.6 Å². The molecule has 0 atom stereocenters. The summed E-state index contributed by atoms with van der Waals surface area (Å²) in [6.07, 6.45) is 13.7. The van der Waals surface area contributed by atoms with E-state index in [1.54, 1.807) is 99.9 Å². The molecule has 0 saturated heterocycles. The number of allylic oxidation sites excluding steroid dienone is 2. The zero-order valence-electron chi connectivity index (χ0n) is 50.8. The molecule has 0 aliphatic heterocycles. The molecule has 0 radical (unpaired) electrons. The van der Waals surface area contributed by atoms with Gasteiger partial charge in [-0.15, -0.1) is 70.6 Å². The van der Waals surface area contributed by atoms with Crippen LogP contribution in [-0.4, -0.2) is 92.4 Å². The number of nitriles is 2. The molecule has 2 amide bonds. The van der Waals surface area contributed by atoms with E-state index in [0.717, 1.165) is 46.6 Å². The van der Waals surface area contributed by atoms with Crippen molar-refractivity contribution in [2.24, 2.45) is 17.2 Å². The number of amides is 2. The molecule has 4 aromatic heterocycles. The summed E-state index contributed by atoms with van der Waals surface area (Å²) in [4.78, 5) is 111. The number of primary amides is 1. The summed E-state index contributed by atoms with van der Waals surface area (Å²) in [5.41, 5.74) is 19.7. The summed E-state index contributed by atoms with van der Waals surface area (Å²) in [7, 11) is 0. The number of aromatic nitrogens is 4. The van der Waals surface area contributed by atoms with Crippen LogP contribution in [-0.2, 0) is 68.8 Å². The summed E-state index contributed by atoms with van der Waals surface area (Å²) in [5, 5.41) is 18.9. The van der Waals surface area contributed by atoms with Crippen LogP contribution in [0, 0.1) is 50.4 Å². The third-order valence-electron chi connectivity index (χ3n) is 8.33. The van der Waals surface area contributed by atoms with Gasteiger partial charge in [0.25, 0.3) is 22.2 Å². The Balaban J connectivity index is -0.000000211. The molecule has 0 spiro atoms. The number of alkyl carbamates (subject to hydrolysis) is 1. The van der Waals surface area contributed by atoms with Crippen molar-refractivity contribution in [3.63, 3.8) is 0 Å². The molecule has 0 bridgehead atoms. The largest absolute Gasteiger partial charge is 1.00 e. The Morgan fingerprint density at radius 3 is 1.17 bits per heavy atom. The van der Waals surface area contributed by atoms with Crippen molar-refractivity contribution < 1.29 is 87.8 Å². The van der Waals surface area contributed by atoms with Gasteiger partial charge in [-0.2, -0.15) is 10.5 Å². The topological polar surface area (TPSA) is 364 Å². The SMILES string of the molecule is CC(=O)C=C([S-])[S-].CC(C)=O.CSC(=CC(C)=O)SC.CSc1cc(C)[nH]c(=O)c1C#N.CSc1cc(C)[nH]c(=O)c1CN.CSc1cc(C)[nH]c(=O)c1CN.CSc1cc(C)[nH]c(=O)c1CNC(=O)OC(C)(C)C.N#CCC(N)=O.[Na+].[Na+]. The Bertz CT molecular complexity index is 2990.